The Balaban J connectivity index is 1.64. The molecule has 148 valence electrons. The lowest BCUT2D eigenvalue weighted by Crippen LogP contribution is -1.96. The van der Waals surface area contributed by atoms with E-state index in [1.165, 1.54) is 12.8 Å². The molecule has 0 amide bonds. The van der Waals surface area contributed by atoms with Crippen molar-refractivity contribution in [3.8, 4) is 23.7 Å². The van der Waals surface area contributed by atoms with Crippen LogP contribution in [0.25, 0.3) is 11.6 Å². The zero-order chi connectivity index (χ0) is 21.0. The van der Waals surface area contributed by atoms with Crippen molar-refractivity contribution in [1.82, 2.24) is 4.98 Å². The van der Waals surface area contributed by atoms with Crippen LogP contribution in [0.15, 0.2) is 73.1 Å². The second-order valence-corrected chi connectivity index (χ2v) is 6.86. The average Bonchev–Trinajstić information content (AvgIpc) is 2.81. The van der Waals surface area contributed by atoms with Crippen molar-refractivity contribution in [2.45, 2.75) is 26.2 Å². The topological polar surface area (TPSA) is 45.9 Å². The fourth-order valence-corrected chi connectivity index (χ4v) is 2.86. The molecule has 0 aliphatic heterocycles. The van der Waals surface area contributed by atoms with Crippen LogP contribution in [0.5, 0.6) is 5.75 Å². The highest BCUT2D eigenvalue weighted by Gasteiger charge is 2.01. The van der Waals surface area contributed by atoms with E-state index >= 15 is 0 Å². The Morgan fingerprint density at radius 2 is 1.53 bits per heavy atom. The van der Waals surface area contributed by atoms with Gasteiger partial charge in [-0.25, -0.2) is 0 Å². The standard InChI is InChI=1S/C27H24N2O/c1-2-3-4-19-30-27-13-9-23(10-14-27)6-5-22-7-11-25(12-8-22)26(21-28)20-24-15-17-29-18-16-24/h7-18,20H,2-4,19H2,1H3/b26-20-. The maximum Gasteiger partial charge on any atom is 0.119 e. The first-order chi connectivity index (χ1) is 14.8. The van der Waals surface area contributed by atoms with Crippen LogP contribution in [-0.2, 0) is 0 Å². The lowest BCUT2D eigenvalue weighted by Gasteiger charge is -2.05. The summed E-state index contributed by atoms with van der Waals surface area (Å²) in [5, 5.41) is 9.49. The van der Waals surface area contributed by atoms with E-state index < -0.39 is 0 Å². The van der Waals surface area contributed by atoms with Crippen molar-refractivity contribution >= 4 is 11.6 Å². The van der Waals surface area contributed by atoms with Crippen LogP contribution in [0.2, 0.25) is 0 Å². The summed E-state index contributed by atoms with van der Waals surface area (Å²) in [4.78, 5) is 4.00. The first-order valence-corrected chi connectivity index (χ1v) is 10.2. The van der Waals surface area contributed by atoms with E-state index in [-0.39, 0.29) is 0 Å². The lowest BCUT2D eigenvalue weighted by molar-refractivity contribution is 0.306. The van der Waals surface area contributed by atoms with Crippen LogP contribution in [-0.4, -0.2) is 11.6 Å². The number of nitrogens with zero attached hydrogens (tertiary/aromatic N) is 2. The number of ether oxygens (including phenoxy) is 1. The summed E-state index contributed by atoms with van der Waals surface area (Å²) >= 11 is 0. The zero-order valence-corrected chi connectivity index (χ0v) is 17.1. The lowest BCUT2D eigenvalue weighted by atomic mass is 10.0. The minimum Gasteiger partial charge on any atom is -0.494 e. The molecular formula is C27H24N2O. The molecule has 0 saturated heterocycles. The number of benzene rings is 2. The van der Waals surface area contributed by atoms with Crippen LogP contribution < -0.4 is 4.74 Å². The van der Waals surface area contributed by atoms with E-state index in [0.717, 1.165) is 41.0 Å². The molecule has 3 aromatic rings. The maximum absolute atomic E-state index is 9.49. The van der Waals surface area contributed by atoms with Gasteiger partial charge in [-0.2, -0.15) is 5.26 Å². The van der Waals surface area contributed by atoms with E-state index in [4.69, 9.17) is 4.74 Å². The van der Waals surface area contributed by atoms with E-state index in [2.05, 4.69) is 29.8 Å². The van der Waals surface area contributed by atoms with Crippen molar-refractivity contribution < 1.29 is 4.74 Å². The minimum absolute atomic E-state index is 0.607. The number of hydrogen-bond donors (Lipinski definition) is 0. The Labute approximate surface area is 178 Å². The van der Waals surface area contributed by atoms with Gasteiger partial charge in [-0.05, 0) is 72.2 Å². The highest BCUT2D eigenvalue weighted by atomic mass is 16.5. The maximum atomic E-state index is 9.49. The second kappa shape index (κ2) is 11.2. The molecule has 30 heavy (non-hydrogen) atoms. The Bertz CT molecular complexity index is 1060. The third-order valence-corrected chi connectivity index (χ3v) is 4.56. The predicted molar refractivity (Wildman–Crippen MR) is 122 cm³/mol. The predicted octanol–water partition coefficient (Wildman–Crippen LogP) is 6.11. The van der Waals surface area contributed by atoms with Gasteiger partial charge in [0.2, 0.25) is 0 Å². The van der Waals surface area contributed by atoms with Crippen LogP contribution in [0.3, 0.4) is 0 Å². The average molecular weight is 393 g/mol. The Hall–Kier alpha value is -3.82. The number of aromatic nitrogens is 1. The summed E-state index contributed by atoms with van der Waals surface area (Å²) in [6.07, 6.45) is 8.75. The van der Waals surface area contributed by atoms with Crippen molar-refractivity contribution in [2.75, 3.05) is 6.61 Å². The zero-order valence-electron chi connectivity index (χ0n) is 17.1. The van der Waals surface area contributed by atoms with Gasteiger partial charge in [0.05, 0.1) is 18.2 Å². The van der Waals surface area contributed by atoms with E-state index in [1.807, 2.05) is 66.7 Å². The van der Waals surface area contributed by atoms with Crippen LogP contribution in [0, 0.1) is 23.2 Å². The summed E-state index contributed by atoms with van der Waals surface area (Å²) in [7, 11) is 0. The number of unbranched alkanes of at least 4 members (excludes halogenated alkanes) is 2. The largest absolute Gasteiger partial charge is 0.494 e. The number of nitriles is 1. The molecule has 0 aliphatic rings. The third-order valence-electron chi connectivity index (χ3n) is 4.56. The Morgan fingerprint density at radius 3 is 2.13 bits per heavy atom. The molecule has 0 saturated carbocycles. The normalized spacial score (nSPS) is 10.6. The summed E-state index contributed by atoms with van der Waals surface area (Å²) in [5.41, 5.74) is 4.26. The molecule has 0 unspecified atom stereocenters. The molecule has 0 atom stereocenters. The molecule has 0 N–H and O–H groups in total. The van der Waals surface area contributed by atoms with Crippen molar-refractivity contribution in [3.05, 3.63) is 95.3 Å². The minimum atomic E-state index is 0.607. The van der Waals surface area contributed by atoms with Gasteiger partial charge in [0, 0.05) is 23.5 Å². The van der Waals surface area contributed by atoms with Gasteiger partial charge in [0.15, 0.2) is 0 Å². The summed E-state index contributed by atoms with van der Waals surface area (Å²) < 4.78 is 5.73. The molecule has 1 aromatic heterocycles. The summed E-state index contributed by atoms with van der Waals surface area (Å²) in [5.74, 6) is 7.23. The van der Waals surface area contributed by atoms with Gasteiger partial charge in [-0.3, -0.25) is 4.98 Å². The fraction of sp³-hybridized carbons (Fsp3) is 0.185. The highest BCUT2D eigenvalue weighted by Crippen LogP contribution is 2.18. The number of rotatable bonds is 7. The Kier molecular flexibility index (Phi) is 7.84. The van der Waals surface area contributed by atoms with E-state index in [1.54, 1.807) is 12.4 Å². The molecule has 2 aromatic carbocycles. The molecule has 0 radical (unpaired) electrons. The van der Waals surface area contributed by atoms with Gasteiger partial charge in [0.1, 0.15) is 5.75 Å². The molecule has 0 spiro atoms. The molecular weight excluding hydrogens is 368 g/mol. The summed E-state index contributed by atoms with van der Waals surface area (Å²) in [6.45, 7) is 2.94. The molecule has 3 nitrogen and oxygen atoms in total. The van der Waals surface area contributed by atoms with Gasteiger partial charge >= 0.3 is 0 Å². The van der Waals surface area contributed by atoms with Gasteiger partial charge in [-0.15, -0.1) is 0 Å². The van der Waals surface area contributed by atoms with Crippen LogP contribution in [0.4, 0.5) is 0 Å². The number of pyridine rings is 1. The monoisotopic (exact) mass is 392 g/mol. The van der Waals surface area contributed by atoms with Crippen LogP contribution >= 0.6 is 0 Å². The SMILES string of the molecule is CCCCCOc1ccc(C#Cc2ccc(/C(C#N)=C\c3ccncc3)cc2)cc1. The molecule has 3 heteroatoms. The van der Waals surface area contributed by atoms with Gasteiger partial charge in [-0.1, -0.05) is 43.7 Å². The molecule has 3 rings (SSSR count). The molecule has 0 fully saturated rings. The smallest absolute Gasteiger partial charge is 0.119 e. The van der Waals surface area contributed by atoms with Crippen molar-refractivity contribution in [3.63, 3.8) is 0 Å². The van der Waals surface area contributed by atoms with E-state index in [0.29, 0.717) is 5.57 Å². The fourth-order valence-electron chi connectivity index (χ4n) is 2.86. The molecule has 0 aliphatic carbocycles. The van der Waals surface area contributed by atoms with E-state index in [9.17, 15) is 5.26 Å². The van der Waals surface area contributed by atoms with Crippen LogP contribution in [0.1, 0.15) is 48.4 Å². The van der Waals surface area contributed by atoms with Gasteiger partial charge in [0.25, 0.3) is 0 Å². The first-order valence-electron chi connectivity index (χ1n) is 10.2. The summed E-state index contributed by atoms with van der Waals surface area (Å²) in [6, 6.07) is 21.6. The number of allylic oxidation sites excluding steroid dienone is 1. The third kappa shape index (κ3) is 6.36. The van der Waals surface area contributed by atoms with Crippen molar-refractivity contribution in [1.29, 1.82) is 5.26 Å². The molecule has 0 bridgehead atoms. The highest BCUT2D eigenvalue weighted by molar-refractivity contribution is 5.89. The quantitative estimate of drug-likeness (QED) is 0.277. The molecule has 1 heterocycles. The Morgan fingerprint density at radius 1 is 0.900 bits per heavy atom. The second-order valence-electron chi connectivity index (χ2n) is 6.86. The van der Waals surface area contributed by atoms with Gasteiger partial charge < -0.3 is 4.74 Å². The first kappa shape index (κ1) is 20.9. The van der Waals surface area contributed by atoms with Crippen molar-refractivity contribution in [2.24, 2.45) is 0 Å². The number of hydrogen-bond acceptors (Lipinski definition) is 3.